The van der Waals surface area contributed by atoms with Gasteiger partial charge in [0.25, 0.3) is 0 Å². The van der Waals surface area contributed by atoms with Crippen LogP contribution in [0.1, 0.15) is 38.5 Å². The topological polar surface area (TPSA) is 72.6 Å². The number of nitro groups is 1. The van der Waals surface area contributed by atoms with Crippen LogP contribution in [-0.2, 0) is 4.79 Å². The molecule has 4 rings (SSSR count). The first kappa shape index (κ1) is 9.97. The van der Waals surface area contributed by atoms with Crippen molar-refractivity contribution >= 4 is 6.08 Å². The maximum Gasteiger partial charge on any atom is 0.235 e. The van der Waals surface area contributed by atoms with Crippen molar-refractivity contribution in [3.8, 4) is 0 Å². The summed E-state index contributed by atoms with van der Waals surface area (Å²) >= 11 is 0. The van der Waals surface area contributed by atoms with Gasteiger partial charge in [-0.3, -0.25) is 10.1 Å². The molecule has 5 heteroatoms. The molecule has 86 valence electrons. The van der Waals surface area contributed by atoms with E-state index in [9.17, 15) is 14.9 Å². The van der Waals surface area contributed by atoms with E-state index in [0.29, 0.717) is 31.1 Å². The van der Waals surface area contributed by atoms with E-state index >= 15 is 0 Å². The Morgan fingerprint density at radius 2 is 1.88 bits per heavy atom. The van der Waals surface area contributed by atoms with Crippen LogP contribution in [0.15, 0.2) is 4.99 Å². The molecule has 4 aliphatic rings. The first-order valence-electron chi connectivity index (χ1n) is 5.81. The Labute approximate surface area is 93.1 Å². The smallest absolute Gasteiger partial charge is 0.235 e. The number of rotatable bonds is 2. The molecular formula is C11H14N2O3. The first-order valence-corrected chi connectivity index (χ1v) is 5.81. The van der Waals surface area contributed by atoms with Gasteiger partial charge >= 0.3 is 0 Å². The molecule has 4 aliphatic carbocycles. The molecule has 0 radical (unpaired) electrons. The van der Waals surface area contributed by atoms with Crippen LogP contribution in [-0.4, -0.2) is 22.1 Å². The van der Waals surface area contributed by atoms with Crippen LogP contribution in [0.2, 0.25) is 0 Å². The van der Waals surface area contributed by atoms with Crippen LogP contribution in [0, 0.1) is 22.0 Å². The fourth-order valence-electron chi connectivity index (χ4n) is 4.61. The lowest BCUT2D eigenvalue weighted by Crippen LogP contribution is -2.61. The summed E-state index contributed by atoms with van der Waals surface area (Å²) in [5, 5.41) is 11.3. The summed E-state index contributed by atoms with van der Waals surface area (Å²) in [5.74, 6) is 0.785. The third-order valence-electron chi connectivity index (χ3n) is 4.67. The summed E-state index contributed by atoms with van der Waals surface area (Å²) in [4.78, 5) is 25.6. The Kier molecular flexibility index (Phi) is 1.82. The highest BCUT2D eigenvalue weighted by molar-refractivity contribution is 5.36. The van der Waals surface area contributed by atoms with Crippen molar-refractivity contribution in [3.63, 3.8) is 0 Å². The second-order valence-electron chi connectivity index (χ2n) is 5.87. The van der Waals surface area contributed by atoms with E-state index in [0.717, 1.165) is 19.3 Å². The fraction of sp³-hybridized carbons (Fsp3) is 0.909. The normalized spacial score (nSPS) is 48.8. The third kappa shape index (κ3) is 1.18. The molecule has 0 heterocycles. The Morgan fingerprint density at radius 3 is 2.38 bits per heavy atom. The standard InChI is InChI=1S/C11H14N2O3/c14-7-12-10-2-8-1-9(3-10)5-11(4-8,6-10)13(15)16/h8-9H,1-6H2. The van der Waals surface area contributed by atoms with Gasteiger partial charge in [0.2, 0.25) is 11.6 Å². The zero-order chi connectivity index (χ0) is 11.4. The highest BCUT2D eigenvalue weighted by Crippen LogP contribution is 2.59. The van der Waals surface area contributed by atoms with Gasteiger partial charge in [-0.15, -0.1) is 0 Å². The maximum absolute atomic E-state index is 11.3. The third-order valence-corrected chi connectivity index (χ3v) is 4.67. The lowest BCUT2D eigenvalue weighted by Gasteiger charge is -2.55. The number of hydrogen-bond donors (Lipinski definition) is 0. The van der Waals surface area contributed by atoms with Crippen LogP contribution >= 0.6 is 0 Å². The molecule has 2 atom stereocenters. The molecule has 4 saturated carbocycles. The molecule has 2 unspecified atom stereocenters. The van der Waals surface area contributed by atoms with E-state index < -0.39 is 11.1 Å². The maximum atomic E-state index is 11.3. The van der Waals surface area contributed by atoms with E-state index in [1.54, 1.807) is 6.08 Å². The van der Waals surface area contributed by atoms with Gasteiger partial charge in [0.15, 0.2) is 0 Å². The molecular weight excluding hydrogens is 208 g/mol. The lowest BCUT2D eigenvalue weighted by molar-refractivity contribution is -0.588. The van der Waals surface area contributed by atoms with E-state index in [1.807, 2.05) is 0 Å². The van der Waals surface area contributed by atoms with Crippen molar-refractivity contribution in [2.24, 2.45) is 16.8 Å². The second kappa shape index (κ2) is 2.92. The quantitative estimate of drug-likeness (QED) is 0.309. The molecule has 0 saturated heterocycles. The summed E-state index contributed by atoms with van der Waals surface area (Å²) in [5.41, 5.74) is -1.23. The van der Waals surface area contributed by atoms with Gasteiger partial charge in [0.1, 0.15) is 0 Å². The molecule has 0 aromatic heterocycles. The van der Waals surface area contributed by atoms with E-state index in [-0.39, 0.29) is 4.92 Å². The second-order valence-corrected chi connectivity index (χ2v) is 5.87. The molecule has 4 bridgehead atoms. The van der Waals surface area contributed by atoms with Gasteiger partial charge in [0, 0.05) is 24.2 Å². The monoisotopic (exact) mass is 222 g/mol. The van der Waals surface area contributed by atoms with E-state index in [2.05, 4.69) is 4.99 Å². The van der Waals surface area contributed by atoms with Crippen LogP contribution in [0.3, 0.4) is 0 Å². The Bertz CT molecular complexity index is 366. The molecule has 0 aromatic rings. The first-order chi connectivity index (χ1) is 7.57. The van der Waals surface area contributed by atoms with Crippen LogP contribution in [0.5, 0.6) is 0 Å². The SMILES string of the molecule is O=C=NC12CC3CC(C1)CC([N+](=O)[O-])(C3)C2. The highest BCUT2D eigenvalue weighted by atomic mass is 16.6. The summed E-state index contributed by atoms with van der Waals surface area (Å²) in [6, 6.07) is 0. The minimum absolute atomic E-state index is 0.112. The summed E-state index contributed by atoms with van der Waals surface area (Å²) < 4.78 is 0. The van der Waals surface area contributed by atoms with Gasteiger partial charge in [-0.1, -0.05) is 0 Å². The van der Waals surface area contributed by atoms with Crippen molar-refractivity contribution in [1.29, 1.82) is 0 Å². The molecule has 16 heavy (non-hydrogen) atoms. The van der Waals surface area contributed by atoms with Crippen molar-refractivity contribution in [2.75, 3.05) is 0 Å². The van der Waals surface area contributed by atoms with Crippen LogP contribution in [0.25, 0.3) is 0 Å². The summed E-state index contributed by atoms with van der Waals surface area (Å²) in [6.45, 7) is 0. The van der Waals surface area contributed by atoms with Crippen molar-refractivity contribution in [3.05, 3.63) is 10.1 Å². The summed E-state index contributed by atoms with van der Waals surface area (Å²) in [6.07, 6.45) is 6.26. The zero-order valence-corrected chi connectivity index (χ0v) is 9.02. The minimum Gasteiger partial charge on any atom is -0.264 e. The Hall–Kier alpha value is -1.22. The van der Waals surface area contributed by atoms with Crippen molar-refractivity contribution in [1.82, 2.24) is 0 Å². The highest BCUT2D eigenvalue weighted by Gasteiger charge is 2.64. The van der Waals surface area contributed by atoms with Crippen LogP contribution in [0.4, 0.5) is 0 Å². The predicted octanol–water partition coefficient (Wildman–Crippen LogP) is 1.69. The molecule has 5 nitrogen and oxygen atoms in total. The molecule has 0 amide bonds. The fourth-order valence-corrected chi connectivity index (χ4v) is 4.61. The average molecular weight is 222 g/mol. The van der Waals surface area contributed by atoms with Gasteiger partial charge in [0.05, 0.1) is 5.54 Å². The summed E-state index contributed by atoms with van der Waals surface area (Å²) in [7, 11) is 0. The number of isocyanates is 1. The van der Waals surface area contributed by atoms with E-state index in [4.69, 9.17) is 0 Å². The van der Waals surface area contributed by atoms with Gasteiger partial charge in [-0.25, -0.2) is 4.79 Å². The molecule has 0 aromatic carbocycles. The lowest BCUT2D eigenvalue weighted by atomic mass is 9.50. The molecule has 0 aliphatic heterocycles. The van der Waals surface area contributed by atoms with Gasteiger partial charge in [-0.2, -0.15) is 4.99 Å². The van der Waals surface area contributed by atoms with Crippen molar-refractivity contribution < 1.29 is 9.72 Å². The number of aliphatic imine (C=N–C) groups is 1. The zero-order valence-electron chi connectivity index (χ0n) is 9.02. The van der Waals surface area contributed by atoms with Gasteiger partial charge < -0.3 is 0 Å². The number of carbonyl (C=O) groups excluding carboxylic acids is 1. The Morgan fingerprint density at radius 1 is 1.25 bits per heavy atom. The average Bonchev–Trinajstić information content (AvgIpc) is 2.14. The molecule has 0 spiro atoms. The minimum atomic E-state index is -0.787. The van der Waals surface area contributed by atoms with E-state index in [1.165, 1.54) is 0 Å². The van der Waals surface area contributed by atoms with Crippen molar-refractivity contribution in [2.45, 2.75) is 49.6 Å². The number of nitrogens with zero attached hydrogens (tertiary/aromatic N) is 2. The number of hydrogen-bond acceptors (Lipinski definition) is 4. The largest absolute Gasteiger partial charge is 0.264 e. The molecule has 0 N–H and O–H groups in total. The predicted molar refractivity (Wildman–Crippen MR) is 55.3 cm³/mol. The van der Waals surface area contributed by atoms with Crippen LogP contribution < -0.4 is 0 Å². The van der Waals surface area contributed by atoms with Gasteiger partial charge in [-0.05, 0) is 31.1 Å². The molecule has 4 fully saturated rings. The Balaban J connectivity index is 2.03.